The fourth-order valence-electron chi connectivity index (χ4n) is 2.84. The summed E-state index contributed by atoms with van der Waals surface area (Å²) in [6.07, 6.45) is 0. The molecule has 0 saturated heterocycles. The van der Waals surface area contributed by atoms with Crippen molar-refractivity contribution in [3.8, 4) is 0 Å². The largest absolute Gasteiger partial charge is 0.595 e. The Labute approximate surface area is 203 Å². The van der Waals surface area contributed by atoms with Crippen LogP contribution in [0, 0.1) is 15.3 Å². The smallest absolute Gasteiger partial charge is 0.294 e. The minimum absolute atomic E-state index is 0.0687. The molecule has 2 aromatic carbocycles. The van der Waals surface area contributed by atoms with E-state index in [2.05, 4.69) is 21.3 Å². The molecule has 0 radical (unpaired) electrons. The third kappa shape index (κ3) is 9.07. The number of anilines is 4. The van der Waals surface area contributed by atoms with E-state index < -0.39 is 10.1 Å². The number of nitrogens with one attached hydrogen (secondary N) is 5. The van der Waals surface area contributed by atoms with Crippen LogP contribution in [0.2, 0.25) is 0 Å². The lowest BCUT2D eigenvalue weighted by Gasteiger charge is -2.17. The molecule has 2 aromatic rings. The molecule has 6 N–H and O–H groups in total. The molecule has 184 valence electrons. The van der Waals surface area contributed by atoms with Crippen LogP contribution >= 0.6 is 21.6 Å². The Morgan fingerprint density at radius 3 is 1.94 bits per heavy atom. The number of carbonyl (C=O) groups is 2. The number of carbonyl (C=O) groups excluding carboxylic acids is 2. The maximum absolute atomic E-state index is 11.5. The van der Waals surface area contributed by atoms with Gasteiger partial charge in [0.1, 0.15) is 5.69 Å². The van der Waals surface area contributed by atoms with Crippen molar-refractivity contribution < 1.29 is 24.9 Å². The highest BCUT2D eigenvalue weighted by atomic mass is 33.1. The van der Waals surface area contributed by atoms with Gasteiger partial charge >= 0.3 is 0 Å². The lowest BCUT2D eigenvalue weighted by Crippen LogP contribution is -2.99. The Kier molecular flexibility index (Phi) is 10.9. The molecule has 0 aliphatic rings. The van der Waals surface area contributed by atoms with Gasteiger partial charge in [-0.1, -0.05) is 21.6 Å². The SMILES string of the molecule is CC(=O)Nc1ccc(NCCSSCCNc2ccc(NC(C)=O)cc2[NH+]([O-])O)c([N+](=O)[O-])c1. The van der Waals surface area contributed by atoms with Gasteiger partial charge in [-0.2, -0.15) is 5.23 Å². The van der Waals surface area contributed by atoms with E-state index in [4.69, 9.17) is 0 Å². The van der Waals surface area contributed by atoms with Crippen LogP contribution in [0.5, 0.6) is 0 Å². The highest BCUT2D eigenvalue weighted by Gasteiger charge is 2.15. The molecule has 14 heteroatoms. The maximum atomic E-state index is 11.5. The number of quaternary nitrogens is 1. The summed E-state index contributed by atoms with van der Waals surface area (Å²) in [6, 6.07) is 9.11. The summed E-state index contributed by atoms with van der Waals surface area (Å²) in [4.78, 5) is 33.1. The van der Waals surface area contributed by atoms with Gasteiger partial charge in [-0.25, -0.2) is 5.21 Å². The molecule has 0 saturated carbocycles. The highest BCUT2D eigenvalue weighted by molar-refractivity contribution is 8.76. The average Bonchev–Trinajstić information content (AvgIpc) is 2.76. The van der Waals surface area contributed by atoms with Gasteiger partial charge < -0.3 is 26.5 Å². The highest BCUT2D eigenvalue weighted by Crippen LogP contribution is 2.29. The Bertz CT molecular complexity index is 1020. The van der Waals surface area contributed by atoms with Crippen molar-refractivity contribution in [2.24, 2.45) is 0 Å². The van der Waals surface area contributed by atoms with Crippen LogP contribution in [0.3, 0.4) is 0 Å². The number of nitrogens with zero attached hydrogens (tertiary/aromatic N) is 1. The molecule has 0 aliphatic heterocycles. The number of amides is 2. The lowest BCUT2D eigenvalue weighted by atomic mass is 10.2. The van der Waals surface area contributed by atoms with Crippen molar-refractivity contribution in [2.45, 2.75) is 13.8 Å². The van der Waals surface area contributed by atoms with E-state index in [1.807, 2.05) is 0 Å². The summed E-state index contributed by atoms with van der Waals surface area (Å²) in [5, 5.41) is 42.3. The third-order valence-corrected chi connectivity index (χ3v) is 6.58. The molecular formula is C20H26N6O6S2. The normalized spacial score (nSPS) is 11.4. The first-order valence-corrected chi connectivity index (χ1v) is 12.6. The first kappa shape index (κ1) is 27.2. The van der Waals surface area contributed by atoms with Crippen molar-refractivity contribution in [3.05, 3.63) is 51.7 Å². The van der Waals surface area contributed by atoms with Gasteiger partial charge in [-0.3, -0.25) is 19.7 Å². The van der Waals surface area contributed by atoms with Crippen LogP contribution < -0.4 is 26.5 Å². The molecule has 0 bridgehead atoms. The molecule has 0 aliphatic carbocycles. The number of nitro groups is 1. The van der Waals surface area contributed by atoms with Crippen LogP contribution in [0.4, 0.5) is 34.1 Å². The molecule has 0 spiro atoms. The average molecular weight is 511 g/mol. The molecule has 12 nitrogen and oxygen atoms in total. The second-order valence-electron chi connectivity index (χ2n) is 6.91. The number of hydrogen-bond acceptors (Lipinski definition) is 10. The summed E-state index contributed by atoms with van der Waals surface area (Å²) >= 11 is 0. The summed E-state index contributed by atoms with van der Waals surface area (Å²) in [6.45, 7) is 3.71. The van der Waals surface area contributed by atoms with Crippen LogP contribution in [0.25, 0.3) is 0 Å². The Morgan fingerprint density at radius 2 is 1.44 bits per heavy atom. The second kappa shape index (κ2) is 13.6. The molecule has 0 heterocycles. The van der Waals surface area contributed by atoms with Gasteiger partial charge in [0.2, 0.25) is 11.8 Å². The fraction of sp³-hybridized carbons (Fsp3) is 0.300. The first-order chi connectivity index (χ1) is 16.2. The standard InChI is InChI=1S/C20H26N6O6S2/c1-13(27)23-15-3-5-17(19(11-15)25(29)30)21-7-9-33-34-10-8-22-18-6-4-16(24-14(2)28)12-20(18)26(31)32/h3-6,11-12,21-22,25,29H,7-10H2,1-2H3,(H,23,27)(H,24,28). The van der Waals surface area contributed by atoms with Crippen LogP contribution in [-0.4, -0.2) is 46.5 Å². The minimum atomic E-state index is -1.10. The van der Waals surface area contributed by atoms with Crippen molar-refractivity contribution >= 4 is 67.5 Å². The van der Waals surface area contributed by atoms with E-state index in [0.717, 1.165) is 0 Å². The predicted octanol–water partition coefficient (Wildman–Crippen LogP) is 2.82. The zero-order chi connectivity index (χ0) is 25.1. The minimum Gasteiger partial charge on any atom is -0.595 e. The van der Waals surface area contributed by atoms with Gasteiger partial charge in [0, 0.05) is 62.0 Å². The van der Waals surface area contributed by atoms with Gasteiger partial charge in [-0.05, 0) is 24.3 Å². The number of rotatable bonds is 13. The number of benzene rings is 2. The van der Waals surface area contributed by atoms with Crippen LogP contribution in [-0.2, 0) is 9.59 Å². The van der Waals surface area contributed by atoms with Crippen molar-refractivity contribution in [1.82, 2.24) is 0 Å². The van der Waals surface area contributed by atoms with Gasteiger partial charge in [0.05, 0.1) is 10.6 Å². The molecule has 2 amide bonds. The Balaban J connectivity index is 1.74. The Morgan fingerprint density at radius 1 is 0.941 bits per heavy atom. The fourth-order valence-corrected chi connectivity index (χ4v) is 4.66. The van der Waals surface area contributed by atoms with E-state index in [-0.39, 0.29) is 23.2 Å². The van der Waals surface area contributed by atoms with Crippen molar-refractivity contribution in [2.75, 3.05) is 45.9 Å². The van der Waals surface area contributed by atoms with Crippen LogP contribution in [0.1, 0.15) is 13.8 Å². The molecule has 2 rings (SSSR count). The topological polar surface area (TPSA) is 173 Å². The molecule has 34 heavy (non-hydrogen) atoms. The maximum Gasteiger partial charge on any atom is 0.294 e. The number of nitro benzene ring substituents is 1. The van der Waals surface area contributed by atoms with E-state index in [0.29, 0.717) is 47.3 Å². The molecule has 1 atom stereocenters. The summed E-state index contributed by atoms with van der Waals surface area (Å²) in [5.41, 5.74) is 1.56. The third-order valence-electron chi connectivity index (χ3n) is 4.17. The Hall–Kier alpha value is -3.04. The van der Waals surface area contributed by atoms with Crippen molar-refractivity contribution in [1.29, 1.82) is 0 Å². The summed E-state index contributed by atoms with van der Waals surface area (Å²) in [5.74, 6) is 0.791. The predicted molar refractivity (Wildman–Crippen MR) is 136 cm³/mol. The van der Waals surface area contributed by atoms with E-state index in [1.54, 1.807) is 45.9 Å². The zero-order valence-electron chi connectivity index (χ0n) is 18.5. The molecule has 0 fully saturated rings. The van der Waals surface area contributed by atoms with Gasteiger partial charge in [-0.15, -0.1) is 0 Å². The van der Waals surface area contributed by atoms with Gasteiger partial charge in [0.25, 0.3) is 5.69 Å². The van der Waals surface area contributed by atoms with E-state index in [9.17, 15) is 30.1 Å². The monoisotopic (exact) mass is 510 g/mol. The molecular weight excluding hydrogens is 484 g/mol. The molecule has 0 aromatic heterocycles. The van der Waals surface area contributed by atoms with Gasteiger partial charge in [0.15, 0.2) is 5.69 Å². The molecule has 1 unspecified atom stereocenters. The van der Waals surface area contributed by atoms with E-state index >= 15 is 0 Å². The zero-order valence-corrected chi connectivity index (χ0v) is 20.2. The summed E-state index contributed by atoms with van der Waals surface area (Å²) in [7, 11) is 3.16. The van der Waals surface area contributed by atoms with Crippen LogP contribution in [0.15, 0.2) is 36.4 Å². The second-order valence-corrected chi connectivity index (χ2v) is 9.62. The summed E-state index contributed by atoms with van der Waals surface area (Å²) < 4.78 is 0. The van der Waals surface area contributed by atoms with Crippen molar-refractivity contribution in [3.63, 3.8) is 0 Å². The number of hydrogen-bond donors (Lipinski definition) is 6. The first-order valence-electron chi connectivity index (χ1n) is 10.1. The lowest BCUT2D eigenvalue weighted by molar-refractivity contribution is -0.990. The quantitative estimate of drug-likeness (QED) is 0.102. The van der Waals surface area contributed by atoms with E-state index in [1.165, 1.54) is 26.0 Å².